The summed E-state index contributed by atoms with van der Waals surface area (Å²) in [6, 6.07) is 9.05. The fourth-order valence-electron chi connectivity index (χ4n) is 1.43. The second-order valence-corrected chi connectivity index (χ2v) is 4.02. The first-order valence-electron chi connectivity index (χ1n) is 5.86. The van der Waals surface area contributed by atoms with Gasteiger partial charge >= 0.3 is 6.09 Å². The van der Waals surface area contributed by atoms with E-state index in [4.69, 9.17) is 4.74 Å². The highest BCUT2D eigenvalue weighted by Crippen LogP contribution is 2.18. The molecule has 0 aliphatic carbocycles. The smallest absolute Gasteiger partial charge is 0.407 e. The minimum atomic E-state index is -2.87. The van der Waals surface area contributed by atoms with Crippen molar-refractivity contribution in [2.24, 2.45) is 0 Å². The fourth-order valence-corrected chi connectivity index (χ4v) is 1.43. The number of hydrogen-bond donors (Lipinski definition) is 1. The maximum atomic E-state index is 13.1. The zero-order valence-electron chi connectivity index (χ0n) is 10.3. The lowest BCUT2D eigenvalue weighted by Crippen LogP contribution is -2.36. The maximum Gasteiger partial charge on any atom is 0.407 e. The molecule has 0 aromatic heterocycles. The van der Waals surface area contributed by atoms with Gasteiger partial charge in [0.05, 0.1) is 6.54 Å². The Labute approximate surface area is 105 Å². The van der Waals surface area contributed by atoms with Crippen LogP contribution in [0.15, 0.2) is 30.3 Å². The number of ether oxygens (including phenoxy) is 1. The topological polar surface area (TPSA) is 38.3 Å². The summed E-state index contributed by atoms with van der Waals surface area (Å²) in [6.07, 6.45) is -0.700. The van der Waals surface area contributed by atoms with Gasteiger partial charge < -0.3 is 10.1 Å². The number of amides is 1. The van der Waals surface area contributed by atoms with Crippen LogP contribution in [-0.4, -0.2) is 18.6 Å². The number of benzene rings is 1. The van der Waals surface area contributed by atoms with Gasteiger partial charge in [-0.3, -0.25) is 0 Å². The molecule has 0 radical (unpaired) electrons. The predicted molar refractivity (Wildman–Crippen MR) is 64.5 cm³/mol. The Bertz CT molecular complexity index is 369. The third-order valence-corrected chi connectivity index (χ3v) is 2.32. The van der Waals surface area contributed by atoms with Crippen LogP contribution in [0.4, 0.5) is 13.6 Å². The monoisotopic (exact) mass is 257 g/mol. The van der Waals surface area contributed by atoms with Crippen LogP contribution in [0.5, 0.6) is 0 Å². The number of alkyl halides is 2. The molecule has 0 aliphatic rings. The van der Waals surface area contributed by atoms with Crippen molar-refractivity contribution >= 4 is 6.09 Å². The van der Waals surface area contributed by atoms with Gasteiger partial charge in [-0.15, -0.1) is 0 Å². The van der Waals surface area contributed by atoms with Gasteiger partial charge in [-0.25, -0.2) is 13.6 Å². The standard InChI is InChI=1S/C13H17F2NO2/c1-2-8-13(14,15)10-16-12(17)18-9-11-6-4-3-5-7-11/h3-7H,2,8-10H2,1H3,(H,16,17). The number of carbonyl (C=O) groups is 1. The molecule has 0 bridgehead atoms. The molecule has 1 amide bonds. The van der Waals surface area contributed by atoms with Crippen LogP contribution in [0.3, 0.4) is 0 Å². The van der Waals surface area contributed by atoms with Crippen molar-refractivity contribution in [3.8, 4) is 0 Å². The Balaban J connectivity index is 2.26. The molecule has 5 heteroatoms. The van der Waals surface area contributed by atoms with Gasteiger partial charge in [0.25, 0.3) is 5.92 Å². The molecule has 3 nitrogen and oxygen atoms in total. The van der Waals surface area contributed by atoms with Crippen LogP contribution < -0.4 is 5.32 Å². The minimum absolute atomic E-state index is 0.0754. The largest absolute Gasteiger partial charge is 0.445 e. The van der Waals surface area contributed by atoms with E-state index in [0.29, 0.717) is 6.42 Å². The molecule has 0 fully saturated rings. The van der Waals surface area contributed by atoms with E-state index in [9.17, 15) is 13.6 Å². The van der Waals surface area contributed by atoms with Crippen molar-refractivity contribution in [2.45, 2.75) is 32.3 Å². The molecule has 0 aliphatic heterocycles. The molecule has 0 saturated carbocycles. The van der Waals surface area contributed by atoms with Crippen molar-refractivity contribution in [2.75, 3.05) is 6.54 Å². The summed E-state index contributed by atoms with van der Waals surface area (Å²) in [7, 11) is 0. The number of hydrogen-bond acceptors (Lipinski definition) is 2. The van der Waals surface area contributed by atoms with Crippen LogP contribution in [0.25, 0.3) is 0 Å². The van der Waals surface area contributed by atoms with Crippen LogP contribution in [0.1, 0.15) is 25.3 Å². The maximum absolute atomic E-state index is 13.1. The molecular weight excluding hydrogens is 240 g/mol. The summed E-state index contributed by atoms with van der Waals surface area (Å²) in [5.74, 6) is -2.87. The van der Waals surface area contributed by atoms with Gasteiger partial charge in [-0.2, -0.15) is 0 Å². The Kier molecular flexibility index (Phi) is 5.55. The van der Waals surface area contributed by atoms with Crippen molar-refractivity contribution in [3.05, 3.63) is 35.9 Å². The van der Waals surface area contributed by atoms with Gasteiger partial charge in [0.15, 0.2) is 0 Å². The lowest BCUT2D eigenvalue weighted by atomic mass is 10.2. The molecule has 1 rings (SSSR count). The van der Waals surface area contributed by atoms with Crippen molar-refractivity contribution < 1.29 is 18.3 Å². The number of halogens is 2. The second-order valence-electron chi connectivity index (χ2n) is 4.02. The predicted octanol–water partition coefficient (Wildman–Crippen LogP) is 3.35. The molecule has 0 saturated heterocycles. The highest BCUT2D eigenvalue weighted by molar-refractivity contribution is 5.67. The van der Waals surface area contributed by atoms with Crippen LogP contribution in [0.2, 0.25) is 0 Å². The molecule has 1 aromatic rings. The van der Waals surface area contributed by atoms with Gasteiger partial charge in [0, 0.05) is 6.42 Å². The third-order valence-electron chi connectivity index (χ3n) is 2.32. The molecule has 18 heavy (non-hydrogen) atoms. The van der Waals surface area contributed by atoms with Crippen LogP contribution >= 0.6 is 0 Å². The molecule has 1 aromatic carbocycles. The summed E-state index contributed by atoms with van der Waals surface area (Å²) >= 11 is 0. The van der Waals surface area contributed by atoms with Gasteiger partial charge in [0.2, 0.25) is 0 Å². The summed E-state index contributed by atoms with van der Waals surface area (Å²) in [4.78, 5) is 11.2. The second kappa shape index (κ2) is 6.93. The molecule has 0 spiro atoms. The number of nitrogens with one attached hydrogen (secondary N) is 1. The third kappa shape index (κ3) is 5.61. The van der Waals surface area contributed by atoms with Crippen LogP contribution in [0, 0.1) is 0 Å². The molecule has 1 N–H and O–H groups in total. The average Bonchev–Trinajstić information content (AvgIpc) is 2.35. The van der Waals surface area contributed by atoms with Crippen molar-refractivity contribution in [3.63, 3.8) is 0 Å². The van der Waals surface area contributed by atoms with E-state index < -0.39 is 18.6 Å². The highest BCUT2D eigenvalue weighted by Gasteiger charge is 2.28. The molecule has 0 atom stereocenters. The van der Waals surface area contributed by atoms with E-state index in [1.54, 1.807) is 19.1 Å². The Morgan fingerprint density at radius 3 is 2.61 bits per heavy atom. The van der Waals surface area contributed by atoms with Gasteiger partial charge in [-0.1, -0.05) is 43.7 Å². The first-order chi connectivity index (χ1) is 8.53. The van der Waals surface area contributed by atoms with E-state index in [2.05, 4.69) is 5.32 Å². The van der Waals surface area contributed by atoms with Gasteiger partial charge in [0.1, 0.15) is 6.61 Å². The summed E-state index contributed by atoms with van der Waals surface area (Å²) < 4.78 is 31.0. The van der Waals surface area contributed by atoms with E-state index in [1.807, 2.05) is 18.2 Å². The molecule has 0 heterocycles. The quantitative estimate of drug-likeness (QED) is 0.848. The number of carbonyl (C=O) groups excluding carboxylic acids is 1. The van der Waals surface area contributed by atoms with E-state index >= 15 is 0 Å². The molecule has 0 unspecified atom stereocenters. The fraction of sp³-hybridized carbons (Fsp3) is 0.462. The highest BCUT2D eigenvalue weighted by atomic mass is 19.3. The van der Waals surface area contributed by atoms with Crippen molar-refractivity contribution in [1.82, 2.24) is 5.32 Å². The lowest BCUT2D eigenvalue weighted by molar-refractivity contribution is -0.00753. The summed E-state index contributed by atoms with van der Waals surface area (Å²) in [5, 5.41) is 2.07. The first kappa shape index (κ1) is 14.4. The summed E-state index contributed by atoms with van der Waals surface area (Å²) in [5.41, 5.74) is 0.813. The SMILES string of the molecule is CCCC(F)(F)CNC(=O)OCc1ccccc1. The minimum Gasteiger partial charge on any atom is -0.445 e. The van der Waals surface area contributed by atoms with Crippen molar-refractivity contribution in [1.29, 1.82) is 0 Å². The zero-order chi connectivity index (χ0) is 13.4. The lowest BCUT2D eigenvalue weighted by Gasteiger charge is -2.15. The Hall–Kier alpha value is -1.65. The molecule has 100 valence electrons. The Morgan fingerprint density at radius 2 is 2.00 bits per heavy atom. The van der Waals surface area contributed by atoms with E-state index in [0.717, 1.165) is 5.56 Å². The summed E-state index contributed by atoms with van der Waals surface area (Å²) in [6.45, 7) is 1.06. The normalized spacial score (nSPS) is 11.1. The molecular formula is C13H17F2NO2. The van der Waals surface area contributed by atoms with E-state index in [1.165, 1.54) is 0 Å². The van der Waals surface area contributed by atoms with Crippen LogP contribution in [-0.2, 0) is 11.3 Å². The average molecular weight is 257 g/mol. The first-order valence-corrected chi connectivity index (χ1v) is 5.86. The van der Waals surface area contributed by atoms with Gasteiger partial charge in [-0.05, 0) is 5.56 Å². The number of alkyl carbamates (subject to hydrolysis) is 1. The Morgan fingerprint density at radius 1 is 1.33 bits per heavy atom. The zero-order valence-corrected chi connectivity index (χ0v) is 10.3. The van der Waals surface area contributed by atoms with E-state index in [-0.39, 0.29) is 13.0 Å². The number of rotatable bonds is 6.